The van der Waals surface area contributed by atoms with Gasteiger partial charge in [-0.3, -0.25) is 20.4 Å². The van der Waals surface area contributed by atoms with E-state index in [9.17, 15) is 18.4 Å². The predicted octanol–water partition coefficient (Wildman–Crippen LogP) is 3.61. The fraction of sp³-hybridized carbons (Fsp3) is 0.360. The van der Waals surface area contributed by atoms with Crippen molar-refractivity contribution in [1.82, 2.24) is 15.1 Å². The van der Waals surface area contributed by atoms with Crippen LogP contribution in [0.2, 0.25) is 0 Å². The molecule has 1 aliphatic rings. The van der Waals surface area contributed by atoms with Crippen LogP contribution in [0.5, 0.6) is 0 Å². The number of benzene rings is 2. The van der Waals surface area contributed by atoms with E-state index >= 15 is 0 Å². The second kappa shape index (κ2) is 11.0. The Kier molecular flexibility index (Phi) is 8.09. The van der Waals surface area contributed by atoms with E-state index in [1.165, 1.54) is 6.07 Å². The Morgan fingerprint density at radius 2 is 1.82 bits per heavy atom. The van der Waals surface area contributed by atoms with Gasteiger partial charge in [-0.25, -0.2) is 8.78 Å². The molecule has 3 atom stereocenters. The van der Waals surface area contributed by atoms with E-state index in [1.54, 1.807) is 36.4 Å². The number of hydrogen-bond acceptors (Lipinski definition) is 4. The zero-order chi connectivity index (χ0) is 24.8. The Labute approximate surface area is 197 Å². The molecular formula is C25H29F2N5O2. The molecule has 0 saturated carbocycles. The van der Waals surface area contributed by atoms with E-state index in [0.29, 0.717) is 11.1 Å². The molecule has 1 aliphatic heterocycles. The average molecular weight is 470 g/mol. The molecule has 0 aromatic heterocycles. The summed E-state index contributed by atoms with van der Waals surface area (Å²) in [5, 5.41) is 17.4. The van der Waals surface area contributed by atoms with Crippen molar-refractivity contribution in [3.05, 3.63) is 71.0 Å². The molecule has 2 aromatic rings. The molecule has 9 heteroatoms. The van der Waals surface area contributed by atoms with Gasteiger partial charge in [-0.05, 0) is 28.7 Å². The number of nitrogens with one attached hydrogen (secondary N) is 3. The van der Waals surface area contributed by atoms with Gasteiger partial charge < -0.3 is 15.1 Å². The Morgan fingerprint density at radius 3 is 2.41 bits per heavy atom. The number of nitrogens with zero attached hydrogens (tertiary/aromatic N) is 2. The molecule has 2 aromatic carbocycles. The standard InChI is InChI=1S/C25H29F2N5O2/c1-16(2)20-9-8-18(10-21(20)27)24(17-6-4-3-5-7-17)30-25(34)22-11-19(26)12-32(22)23(33)13-31(14-28)15-29/h3-10,14-16,19,22,24,28-29H,11-13H2,1-2H3,(H,30,34)/t19-,22+,24+/m1/s1. The van der Waals surface area contributed by atoms with Gasteiger partial charge >= 0.3 is 0 Å². The quantitative estimate of drug-likeness (QED) is 0.386. The lowest BCUT2D eigenvalue weighted by molar-refractivity contribution is -0.138. The minimum atomic E-state index is -1.37. The van der Waals surface area contributed by atoms with Crippen molar-refractivity contribution in [2.75, 3.05) is 13.1 Å². The predicted molar refractivity (Wildman–Crippen MR) is 126 cm³/mol. The number of likely N-dealkylation sites (tertiary alicyclic amines) is 1. The average Bonchev–Trinajstić information content (AvgIpc) is 3.23. The molecule has 2 amide bonds. The van der Waals surface area contributed by atoms with Crippen LogP contribution >= 0.6 is 0 Å². The highest BCUT2D eigenvalue weighted by molar-refractivity contribution is 5.91. The first kappa shape index (κ1) is 25.0. The van der Waals surface area contributed by atoms with Gasteiger partial charge in [0.15, 0.2) is 0 Å². The Bertz CT molecular complexity index is 1040. The highest BCUT2D eigenvalue weighted by atomic mass is 19.1. The van der Waals surface area contributed by atoms with Crippen molar-refractivity contribution in [3.63, 3.8) is 0 Å². The number of hydrogen-bond donors (Lipinski definition) is 3. The normalized spacial score (nSPS) is 18.4. The van der Waals surface area contributed by atoms with Crippen LogP contribution in [0.1, 0.15) is 48.9 Å². The minimum absolute atomic E-state index is 0.000129. The van der Waals surface area contributed by atoms with Crippen molar-refractivity contribution in [3.8, 4) is 0 Å². The molecular weight excluding hydrogens is 440 g/mol. The molecule has 0 unspecified atom stereocenters. The number of carbonyl (C=O) groups is 2. The highest BCUT2D eigenvalue weighted by Crippen LogP contribution is 2.28. The van der Waals surface area contributed by atoms with Gasteiger partial charge in [-0.15, -0.1) is 0 Å². The van der Waals surface area contributed by atoms with E-state index in [1.807, 2.05) is 19.9 Å². The van der Waals surface area contributed by atoms with Crippen molar-refractivity contribution in [1.29, 1.82) is 10.8 Å². The first-order valence-electron chi connectivity index (χ1n) is 11.1. The monoisotopic (exact) mass is 469 g/mol. The summed E-state index contributed by atoms with van der Waals surface area (Å²) in [6, 6.07) is 12.2. The third-order valence-electron chi connectivity index (χ3n) is 5.92. The first-order valence-corrected chi connectivity index (χ1v) is 11.1. The van der Waals surface area contributed by atoms with Crippen molar-refractivity contribution >= 4 is 24.5 Å². The van der Waals surface area contributed by atoms with E-state index < -0.39 is 30.1 Å². The third-order valence-corrected chi connectivity index (χ3v) is 5.92. The van der Waals surface area contributed by atoms with Crippen LogP contribution in [0.15, 0.2) is 48.5 Å². The number of amides is 2. The summed E-state index contributed by atoms with van der Waals surface area (Å²) >= 11 is 0. The van der Waals surface area contributed by atoms with Crippen LogP contribution in [0, 0.1) is 16.6 Å². The summed E-state index contributed by atoms with van der Waals surface area (Å²) in [6.45, 7) is 3.21. The molecule has 180 valence electrons. The van der Waals surface area contributed by atoms with Crippen molar-refractivity contribution < 1.29 is 18.4 Å². The summed E-state index contributed by atoms with van der Waals surface area (Å²) in [4.78, 5) is 28.1. The van der Waals surface area contributed by atoms with E-state index in [4.69, 9.17) is 10.8 Å². The van der Waals surface area contributed by atoms with Gasteiger partial charge in [0.2, 0.25) is 11.8 Å². The Balaban J connectivity index is 1.88. The zero-order valence-corrected chi connectivity index (χ0v) is 19.2. The van der Waals surface area contributed by atoms with Crippen LogP contribution < -0.4 is 5.32 Å². The summed E-state index contributed by atoms with van der Waals surface area (Å²) in [7, 11) is 0. The van der Waals surface area contributed by atoms with E-state index in [-0.39, 0.29) is 31.2 Å². The molecule has 0 spiro atoms. The van der Waals surface area contributed by atoms with Crippen LogP contribution in [0.25, 0.3) is 0 Å². The summed E-state index contributed by atoms with van der Waals surface area (Å²) < 4.78 is 29.0. The minimum Gasteiger partial charge on any atom is -0.343 e. The fourth-order valence-electron chi connectivity index (χ4n) is 4.12. The second-order valence-corrected chi connectivity index (χ2v) is 8.61. The SMILES string of the molecule is CC(C)c1ccc([C@@H](NC(=O)[C@@H]2C[C@@H](F)CN2C(=O)CN(C=N)C=N)c2ccccc2)cc1F. The van der Waals surface area contributed by atoms with E-state index in [0.717, 1.165) is 28.0 Å². The van der Waals surface area contributed by atoms with Gasteiger partial charge in [0.05, 0.1) is 25.3 Å². The summed E-state index contributed by atoms with van der Waals surface area (Å²) in [6.07, 6.45) is 0.0914. The fourth-order valence-corrected chi connectivity index (χ4v) is 4.12. The molecule has 1 fully saturated rings. The summed E-state index contributed by atoms with van der Waals surface area (Å²) in [5.41, 5.74) is 1.82. The molecule has 1 saturated heterocycles. The smallest absolute Gasteiger partial charge is 0.243 e. The molecule has 1 heterocycles. The zero-order valence-electron chi connectivity index (χ0n) is 19.2. The third kappa shape index (κ3) is 5.65. The molecule has 34 heavy (non-hydrogen) atoms. The van der Waals surface area contributed by atoms with Gasteiger partial charge in [-0.2, -0.15) is 0 Å². The Morgan fingerprint density at radius 1 is 1.15 bits per heavy atom. The molecule has 3 N–H and O–H groups in total. The van der Waals surface area contributed by atoms with Gasteiger partial charge in [0.1, 0.15) is 24.6 Å². The lowest BCUT2D eigenvalue weighted by Gasteiger charge is -2.28. The van der Waals surface area contributed by atoms with Crippen LogP contribution in [-0.4, -0.2) is 59.6 Å². The number of alkyl halides is 1. The maximum Gasteiger partial charge on any atom is 0.243 e. The number of carbonyl (C=O) groups excluding carboxylic acids is 2. The van der Waals surface area contributed by atoms with Gasteiger partial charge in [-0.1, -0.05) is 56.3 Å². The van der Waals surface area contributed by atoms with Crippen molar-refractivity contribution in [2.24, 2.45) is 0 Å². The maximum absolute atomic E-state index is 14.8. The molecule has 0 bridgehead atoms. The van der Waals surface area contributed by atoms with Crippen LogP contribution in [-0.2, 0) is 9.59 Å². The van der Waals surface area contributed by atoms with Crippen molar-refractivity contribution in [2.45, 2.75) is 44.4 Å². The molecule has 7 nitrogen and oxygen atoms in total. The van der Waals surface area contributed by atoms with Crippen LogP contribution in [0.3, 0.4) is 0 Å². The number of halogens is 2. The van der Waals surface area contributed by atoms with Crippen LogP contribution in [0.4, 0.5) is 8.78 Å². The first-order chi connectivity index (χ1) is 16.2. The lowest BCUT2D eigenvalue weighted by Crippen LogP contribution is -2.49. The van der Waals surface area contributed by atoms with Gasteiger partial charge in [0.25, 0.3) is 0 Å². The Hall–Kier alpha value is -3.62. The summed E-state index contributed by atoms with van der Waals surface area (Å²) in [5.74, 6) is -1.48. The highest BCUT2D eigenvalue weighted by Gasteiger charge is 2.40. The van der Waals surface area contributed by atoms with E-state index in [2.05, 4.69) is 5.32 Å². The number of rotatable bonds is 9. The lowest BCUT2D eigenvalue weighted by atomic mass is 9.94. The topological polar surface area (TPSA) is 100 Å². The second-order valence-electron chi connectivity index (χ2n) is 8.61. The van der Waals surface area contributed by atoms with Gasteiger partial charge in [0, 0.05) is 6.42 Å². The molecule has 0 aliphatic carbocycles. The molecule has 0 radical (unpaired) electrons. The largest absolute Gasteiger partial charge is 0.343 e. The maximum atomic E-state index is 14.8. The molecule has 3 rings (SSSR count).